The summed E-state index contributed by atoms with van der Waals surface area (Å²) >= 11 is 0. The summed E-state index contributed by atoms with van der Waals surface area (Å²) in [4.78, 5) is 6.73. The van der Waals surface area contributed by atoms with Gasteiger partial charge in [-0.3, -0.25) is 4.90 Å². The molecule has 2 heterocycles. The molecule has 1 aliphatic heterocycles. The summed E-state index contributed by atoms with van der Waals surface area (Å²) in [6.07, 6.45) is 0.579. The van der Waals surface area contributed by atoms with E-state index in [0.29, 0.717) is 31.2 Å². The van der Waals surface area contributed by atoms with Gasteiger partial charge >= 0.3 is 0 Å². The highest BCUT2D eigenvalue weighted by Crippen LogP contribution is 2.35. The predicted molar refractivity (Wildman–Crippen MR) is 115 cm³/mol. The Morgan fingerprint density at radius 3 is 2.67 bits per heavy atom. The van der Waals surface area contributed by atoms with Crippen molar-refractivity contribution in [3.63, 3.8) is 0 Å². The molecule has 4 rings (SSSR count). The van der Waals surface area contributed by atoms with Crippen LogP contribution in [0.2, 0.25) is 0 Å². The van der Waals surface area contributed by atoms with E-state index in [4.69, 9.17) is 14.1 Å². The molecule has 1 atom stereocenters. The maximum atomic E-state index is 11.9. The van der Waals surface area contributed by atoms with Crippen LogP contribution < -0.4 is 4.74 Å². The van der Waals surface area contributed by atoms with Crippen LogP contribution in [0.15, 0.2) is 40.8 Å². The standard InChI is InChI=1S/C22H26N2O5S/c1-15-20(13-24(10-11-25)16-9-12-30(26,27)14-16)23-22(29-15)19-7-8-21(28-2)18-6-4-3-5-17(18)19/h3-8,16,25H,9-14H2,1-2H3/t16-/m0/s1. The number of oxazole rings is 1. The topological polar surface area (TPSA) is 92.9 Å². The largest absolute Gasteiger partial charge is 0.496 e. The molecule has 0 unspecified atom stereocenters. The average molecular weight is 431 g/mol. The molecule has 7 nitrogen and oxygen atoms in total. The summed E-state index contributed by atoms with van der Waals surface area (Å²) in [6.45, 7) is 2.65. The molecule has 3 aromatic rings. The number of aliphatic hydroxyl groups is 1. The summed E-state index contributed by atoms with van der Waals surface area (Å²) in [5.74, 6) is 2.31. The number of nitrogens with zero attached hydrogens (tertiary/aromatic N) is 2. The molecule has 0 amide bonds. The molecule has 0 aliphatic carbocycles. The fourth-order valence-electron chi connectivity index (χ4n) is 4.10. The van der Waals surface area contributed by atoms with Gasteiger partial charge in [-0.15, -0.1) is 0 Å². The Morgan fingerprint density at radius 1 is 1.23 bits per heavy atom. The Hall–Kier alpha value is -2.42. The number of rotatable bonds is 7. The van der Waals surface area contributed by atoms with E-state index in [9.17, 15) is 13.5 Å². The molecule has 0 saturated carbocycles. The smallest absolute Gasteiger partial charge is 0.227 e. The lowest BCUT2D eigenvalue weighted by Crippen LogP contribution is -2.38. The number of hydrogen-bond donors (Lipinski definition) is 1. The highest BCUT2D eigenvalue weighted by molar-refractivity contribution is 7.91. The van der Waals surface area contributed by atoms with Gasteiger partial charge in [0.15, 0.2) is 9.84 Å². The Kier molecular flexibility index (Phi) is 5.81. The number of sulfone groups is 1. The normalized spacial score (nSPS) is 18.3. The predicted octanol–water partition coefficient (Wildman–Crippen LogP) is 2.79. The number of fused-ring (bicyclic) bond motifs is 1. The third-order valence-electron chi connectivity index (χ3n) is 5.69. The van der Waals surface area contributed by atoms with Gasteiger partial charge in [0, 0.05) is 30.1 Å². The first-order chi connectivity index (χ1) is 14.4. The van der Waals surface area contributed by atoms with Crippen LogP contribution in [-0.2, 0) is 16.4 Å². The summed E-state index contributed by atoms with van der Waals surface area (Å²) < 4.78 is 35.3. The van der Waals surface area contributed by atoms with Crippen molar-refractivity contribution >= 4 is 20.6 Å². The number of aliphatic hydroxyl groups excluding tert-OH is 1. The minimum atomic E-state index is -3.01. The second-order valence-corrected chi connectivity index (χ2v) is 9.86. The van der Waals surface area contributed by atoms with Gasteiger partial charge in [-0.25, -0.2) is 13.4 Å². The molecule has 0 spiro atoms. The quantitative estimate of drug-likeness (QED) is 0.616. The van der Waals surface area contributed by atoms with Gasteiger partial charge in [0.2, 0.25) is 5.89 Å². The molecule has 1 aromatic heterocycles. The number of aryl methyl sites for hydroxylation is 1. The first-order valence-corrected chi connectivity index (χ1v) is 11.8. The van der Waals surface area contributed by atoms with Crippen LogP contribution in [0, 0.1) is 6.92 Å². The van der Waals surface area contributed by atoms with Gasteiger partial charge in [0.25, 0.3) is 0 Å². The first-order valence-electron chi connectivity index (χ1n) is 9.99. The van der Waals surface area contributed by atoms with Crippen molar-refractivity contribution in [2.24, 2.45) is 0 Å². The van der Waals surface area contributed by atoms with Gasteiger partial charge in [-0.2, -0.15) is 0 Å². The second kappa shape index (κ2) is 8.37. The zero-order valence-corrected chi connectivity index (χ0v) is 18.0. The van der Waals surface area contributed by atoms with Gasteiger partial charge < -0.3 is 14.3 Å². The molecule has 0 radical (unpaired) electrons. The van der Waals surface area contributed by atoms with Gasteiger partial charge in [0.1, 0.15) is 11.5 Å². The number of ether oxygens (including phenoxy) is 1. The van der Waals surface area contributed by atoms with Crippen molar-refractivity contribution in [3.05, 3.63) is 47.9 Å². The molecule has 30 heavy (non-hydrogen) atoms. The molecule has 160 valence electrons. The highest BCUT2D eigenvalue weighted by atomic mass is 32.2. The van der Waals surface area contributed by atoms with E-state index in [0.717, 1.165) is 27.8 Å². The number of aromatic nitrogens is 1. The van der Waals surface area contributed by atoms with E-state index in [1.165, 1.54) is 0 Å². The number of hydrogen-bond acceptors (Lipinski definition) is 7. The van der Waals surface area contributed by atoms with Crippen molar-refractivity contribution in [2.75, 3.05) is 31.8 Å². The Bertz CT molecular complexity index is 1160. The molecule has 1 saturated heterocycles. The zero-order valence-electron chi connectivity index (χ0n) is 17.2. The fraction of sp³-hybridized carbons (Fsp3) is 0.409. The van der Waals surface area contributed by atoms with Crippen LogP contribution in [0.25, 0.3) is 22.2 Å². The lowest BCUT2D eigenvalue weighted by atomic mass is 10.0. The van der Waals surface area contributed by atoms with Crippen molar-refractivity contribution in [1.29, 1.82) is 0 Å². The van der Waals surface area contributed by atoms with Crippen molar-refractivity contribution < 1.29 is 22.7 Å². The second-order valence-electron chi connectivity index (χ2n) is 7.63. The SMILES string of the molecule is COc1ccc(-c2nc(CN(CCO)[C@H]3CCS(=O)(=O)C3)c(C)o2)c2ccccc12. The molecule has 1 aliphatic rings. The third-order valence-corrected chi connectivity index (χ3v) is 7.44. The van der Waals surface area contributed by atoms with Crippen molar-refractivity contribution in [1.82, 2.24) is 9.88 Å². The molecule has 1 N–H and O–H groups in total. The van der Waals surface area contributed by atoms with Crippen LogP contribution in [0.3, 0.4) is 0 Å². The minimum Gasteiger partial charge on any atom is -0.496 e. The molecule has 2 aromatic carbocycles. The average Bonchev–Trinajstić information content (AvgIpc) is 3.28. The van der Waals surface area contributed by atoms with Gasteiger partial charge in [-0.05, 0) is 30.9 Å². The lowest BCUT2D eigenvalue weighted by Gasteiger charge is -2.26. The number of methoxy groups -OCH3 is 1. The summed E-state index contributed by atoms with van der Waals surface area (Å²) in [6, 6.07) is 11.7. The van der Waals surface area contributed by atoms with Gasteiger partial charge in [0.05, 0.1) is 30.9 Å². The van der Waals surface area contributed by atoms with Crippen LogP contribution >= 0.6 is 0 Å². The zero-order chi connectivity index (χ0) is 21.3. The van der Waals surface area contributed by atoms with Crippen molar-refractivity contribution in [2.45, 2.75) is 25.9 Å². The first kappa shape index (κ1) is 20.8. The van der Waals surface area contributed by atoms with Crippen LogP contribution in [0.5, 0.6) is 5.75 Å². The van der Waals surface area contributed by atoms with Crippen LogP contribution in [0.1, 0.15) is 17.9 Å². The third kappa shape index (κ3) is 4.08. The monoisotopic (exact) mass is 430 g/mol. The van der Waals surface area contributed by atoms with E-state index in [1.807, 2.05) is 48.2 Å². The maximum Gasteiger partial charge on any atom is 0.227 e. The number of benzene rings is 2. The van der Waals surface area contributed by atoms with E-state index in [-0.39, 0.29) is 24.2 Å². The maximum absolute atomic E-state index is 11.9. The van der Waals surface area contributed by atoms with Crippen LogP contribution in [0.4, 0.5) is 0 Å². The molecule has 1 fully saturated rings. The van der Waals surface area contributed by atoms with E-state index >= 15 is 0 Å². The summed E-state index contributed by atoms with van der Waals surface area (Å²) in [7, 11) is -1.36. The molecular formula is C22H26N2O5S. The highest BCUT2D eigenvalue weighted by Gasteiger charge is 2.32. The van der Waals surface area contributed by atoms with Crippen molar-refractivity contribution in [3.8, 4) is 17.2 Å². The Labute approximate surface area is 176 Å². The Balaban J connectivity index is 1.66. The van der Waals surface area contributed by atoms with Crippen LogP contribution in [-0.4, -0.2) is 61.2 Å². The fourth-order valence-corrected chi connectivity index (χ4v) is 5.86. The van der Waals surface area contributed by atoms with E-state index < -0.39 is 9.84 Å². The Morgan fingerprint density at radius 2 is 2.00 bits per heavy atom. The summed E-state index contributed by atoms with van der Waals surface area (Å²) in [5.41, 5.74) is 1.63. The molecular weight excluding hydrogens is 404 g/mol. The summed E-state index contributed by atoms with van der Waals surface area (Å²) in [5, 5.41) is 11.4. The van der Waals surface area contributed by atoms with E-state index in [2.05, 4.69) is 0 Å². The molecule has 8 heteroatoms. The molecule has 0 bridgehead atoms. The lowest BCUT2D eigenvalue weighted by molar-refractivity contribution is 0.152. The van der Waals surface area contributed by atoms with Gasteiger partial charge in [-0.1, -0.05) is 24.3 Å². The minimum absolute atomic E-state index is 0.0383. The van der Waals surface area contributed by atoms with E-state index in [1.54, 1.807) is 7.11 Å².